The average Bonchev–Trinajstić information content (AvgIpc) is 3.21. The van der Waals surface area contributed by atoms with Gasteiger partial charge in [-0.3, -0.25) is 4.79 Å². The summed E-state index contributed by atoms with van der Waals surface area (Å²) in [7, 11) is 3.89. The molecule has 1 unspecified atom stereocenters. The number of aliphatic carboxylic acids is 1. The Kier molecular flexibility index (Phi) is 15.7. The molecule has 1 aliphatic heterocycles. The molecule has 4 aromatic carbocycles. The highest BCUT2D eigenvalue weighted by molar-refractivity contribution is 7.87. The summed E-state index contributed by atoms with van der Waals surface area (Å²) in [4.78, 5) is 37.7. The van der Waals surface area contributed by atoms with Crippen molar-refractivity contribution in [1.82, 2.24) is 4.90 Å². The molecule has 4 aromatic rings. The van der Waals surface area contributed by atoms with E-state index in [4.69, 9.17) is 38.8 Å². The Bertz CT molecular complexity index is 2260. The number of alkyl halides is 3. The lowest BCUT2D eigenvalue weighted by molar-refractivity contribution is -0.928. The van der Waals surface area contributed by atoms with Crippen molar-refractivity contribution in [2.24, 2.45) is 5.73 Å². The number of hydrogen-bond acceptors (Lipinski definition) is 12. The molecule has 3 amide bonds. The number of carbonyl (C=O) groups excluding carboxylic acids is 3. The molecule has 330 valence electrons. The number of carbonyl (C=O) groups is 3. The monoisotopic (exact) mass is 876 g/mol. The van der Waals surface area contributed by atoms with Gasteiger partial charge in [-0.05, 0) is 85.1 Å². The number of aromatic hydroxyl groups is 1. The first-order chi connectivity index (χ1) is 28.7. The minimum absolute atomic E-state index is 0.0116. The van der Waals surface area contributed by atoms with E-state index in [1.165, 1.54) is 73.7 Å². The molecular weight excluding hydrogens is 830 g/mol. The number of piperidine rings is 1. The molecule has 1 heterocycles. The average molecular weight is 877 g/mol. The van der Waals surface area contributed by atoms with Gasteiger partial charge >= 0.3 is 22.3 Å². The molecule has 61 heavy (non-hydrogen) atoms. The summed E-state index contributed by atoms with van der Waals surface area (Å²) in [6, 6.07) is 20.2. The van der Waals surface area contributed by atoms with Crippen LogP contribution in [-0.2, 0) is 32.7 Å². The van der Waals surface area contributed by atoms with E-state index in [-0.39, 0.29) is 34.6 Å². The third-order valence-electron chi connectivity index (χ3n) is 9.74. The van der Waals surface area contributed by atoms with Gasteiger partial charge in [0, 0.05) is 23.7 Å². The summed E-state index contributed by atoms with van der Waals surface area (Å²) < 4.78 is 85.0. The van der Waals surface area contributed by atoms with E-state index in [9.17, 15) is 36.3 Å². The molecule has 1 aliphatic rings. The van der Waals surface area contributed by atoms with Gasteiger partial charge in [0.2, 0.25) is 5.91 Å². The number of nitrogens with two attached hydrogens (primary N) is 1. The number of benzene rings is 4. The molecule has 0 aromatic heterocycles. The van der Waals surface area contributed by atoms with Crippen LogP contribution >= 0.6 is 0 Å². The lowest BCUT2D eigenvalue weighted by Gasteiger charge is -2.46. The number of nitrogens with one attached hydrogen (secondary N) is 1. The predicted molar refractivity (Wildman–Crippen MR) is 213 cm³/mol. The normalized spacial score (nSPS) is 16.8. The Balaban J connectivity index is 0.00000107. The Morgan fingerprint density at radius 3 is 1.95 bits per heavy atom. The summed E-state index contributed by atoms with van der Waals surface area (Å²) in [6.07, 6.45) is -3.66. The Morgan fingerprint density at radius 2 is 1.41 bits per heavy atom. The number of halogens is 3. The third-order valence-corrected chi connectivity index (χ3v) is 11.0. The van der Waals surface area contributed by atoms with Crippen molar-refractivity contribution >= 4 is 33.7 Å². The quantitative estimate of drug-likeness (QED) is 0.113. The van der Waals surface area contributed by atoms with Crippen molar-refractivity contribution in [2.45, 2.75) is 49.0 Å². The molecule has 1 saturated heterocycles. The van der Waals surface area contributed by atoms with Gasteiger partial charge < -0.3 is 58.6 Å². The number of phenolic OH excluding ortho intramolecular Hbond substituents is 1. The van der Waals surface area contributed by atoms with Crippen molar-refractivity contribution in [3.63, 3.8) is 0 Å². The van der Waals surface area contributed by atoms with Crippen LogP contribution in [0, 0.1) is 0 Å². The zero-order chi connectivity index (χ0) is 45.1. The summed E-state index contributed by atoms with van der Waals surface area (Å²) in [5.41, 5.74) is 8.11. The van der Waals surface area contributed by atoms with Crippen molar-refractivity contribution < 1.29 is 73.8 Å². The maximum absolute atomic E-state index is 14.3. The van der Waals surface area contributed by atoms with Crippen molar-refractivity contribution in [3.8, 4) is 34.5 Å². The van der Waals surface area contributed by atoms with Gasteiger partial charge in [-0.15, -0.1) is 0 Å². The second-order valence-corrected chi connectivity index (χ2v) is 15.7. The lowest BCUT2D eigenvalue weighted by Crippen LogP contribution is -2.62. The van der Waals surface area contributed by atoms with Crippen LogP contribution in [0.5, 0.6) is 34.5 Å². The number of urea groups is 1. The molecule has 3 atom stereocenters. The van der Waals surface area contributed by atoms with Crippen LogP contribution in [0.2, 0.25) is 0 Å². The minimum atomic E-state index is -5.19. The Hall–Kier alpha value is -6.41. The Labute approximate surface area is 350 Å². The van der Waals surface area contributed by atoms with Crippen LogP contribution in [0.3, 0.4) is 0 Å². The van der Waals surface area contributed by atoms with E-state index in [1.807, 2.05) is 18.2 Å². The molecule has 0 spiro atoms. The van der Waals surface area contributed by atoms with Crippen LogP contribution in [-0.4, -0.2) is 108 Å². The maximum Gasteiger partial charge on any atom is 0.430 e. The molecule has 5 rings (SSSR count). The number of primary amides is 1. The molecule has 0 radical (unpaired) electrons. The van der Waals surface area contributed by atoms with Crippen LogP contribution < -0.4 is 39.3 Å². The van der Waals surface area contributed by atoms with Crippen LogP contribution in [0.25, 0.3) is 0 Å². The van der Waals surface area contributed by atoms with Gasteiger partial charge in [0.15, 0.2) is 23.0 Å². The molecule has 20 heteroatoms. The number of rotatable bonds is 15. The van der Waals surface area contributed by atoms with Gasteiger partial charge in [-0.2, -0.15) is 21.6 Å². The molecule has 4 N–H and O–H groups in total. The highest BCUT2D eigenvalue weighted by atomic mass is 32.2. The number of hydrogen-bond donors (Lipinski definition) is 3. The standard InChI is InChI=1S/C39H46N4O10S.C2HF3O2/c1-43(24-27-10-18-34(49-2)36(22-27)51-4)20-6-7-29(25-43)42(33(38(40)45)21-26-8-13-30(44)14-9-26)39(46)41-28-11-15-31(16-12-28)53-54(47,48)32-17-19-35(50-3)37(23-32)52-5;3-2(4,5)1(6)7/h8-19,22-23,29,33H,6-7,20-21,24-25H2,1-5H3,(H3-,40,41,44,45,46);(H,6,7)/t29-,33-,43?;/m0./s1. The van der Waals surface area contributed by atoms with Gasteiger partial charge in [0.25, 0.3) is 0 Å². The van der Waals surface area contributed by atoms with E-state index in [0.717, 1.165) is 18.5 Å². The lowest BCUT2D eigenvalue weighted by atomic mass is 9.96. The summed E-state index contributed by atoms with van der Waals surface area (Å²) in [5, 5.41) is 21.5. The number of likely N-dealkylation sites (tertiary alicyclic amines) is 1. The minimum Gasteiger partial charge on any atom is -0.542 e. The van der Waals surface area contributed by atoms with Gasteiger partial charge in [-0.25, -0.2) is 4.79 Å². The number of carboxylic acid groups (broad SMARTS) is 1. The van der Waals surface area contributed by atoms with Gasteiger partial charge in [-0.1, -0.05) is 12.1 Å². The topological polar surface area (TPSA) is 216 Å². The molecule has 1 fully saturated rings. The number of methoxy groups -OCH3 is 4. The first-order valence-corrected chi connectivity index (χ1v) is 19.9. The van der Waals surface area contributed by atoms with Gasteiger partial charge in [0.05, 0.1) is 54.6 Å². The first kappa shape index (κ1) is 47.3. The summed E-state index contributed by atoms with van der Waals surface area (Å²) in [6.45, 7) is 2.01. The van der Waals surface area contributed by atoms with Crippen molar-refractivity contribution in [3.05, 3.63) is 96.1 Å². The van der Waals surface area contributed by atoms with Crippen molar-refractivity contribution in [2.75, 3.05) is 53.9 Å². The highest BCUT2D eigenvalue weighted by Crippen LogP contribution is 2.33. The second kappa shape index (κ2) is 20.2. The zero-order valence-electron chi connectivity index (χ0n) is 33.9. The molecule has 0 saturated carbocycles. The Morgan fingerprint density at radius 1 is 0.869 bits per heavy atom. The van der Waals surface area contributed by atoms with Crippen molar-refractivity contribution in [1.29, 1.82) is 0 Å². The van der Waals surface area contributed by atoms with E-state index in [2.05, 4.69) is 12.4 Å². The number of quaternary nitrogens is 1. The molecule has 0 aliphatic carbocycles. The van der Waals surface area contributed by atoms with Crippen LogP contribution in [0.1, 0.15) is 24.0 Å². The van der Waals surface area contributed by atoms with E-state index in [1.54, 1.807) is 26.4 Å². The SMILES string of the molecule is COc1ccc(C[N+]2(C)CCC[C@H](N(C(=O)Nc3ccc(OS(=O)(=O)c4ccc(OC)c(OC)c4)cc3)[C@@H](Cc3ccc(O)cc3)C(N)=O)C2)cc1OC.O=C([O-])C(F)(F)F. The first-order valence-electron chi connectivity index (χ1n) is 18.5. The summed E-state index contributed by atoms with van der Waals surface area (Å²) >= 11 is 0. The second-order valence-electron chi connectivity index (χ2n) is 14.2. The molecular formula is C41H47F3N4O12S. The third kappa shape index (κ3) is 12.8. The summed E-state index contributed by atoms with van der Waals surface area (Å²) in [5.74, 6) is -1.77. The number of ether oxygens (including phenoxy) is 4. The number of anilines is 1. The zero-order valence-corrected chi connectivity index (χ0v) is 34.7. The van der Waals surface area contributed by atoms with E-state index >= 15 is 0 Å². The largest absolute Gasteiger partial charge is 0.542 e. The fourth-order valence-electron chi connectivity index (χ4n) is 6.87. The number of amides is 3. The maximum atomic E-state index is 14.3. The van der Waals surface area contributed by atoms with Crippen LogP contribution in [0.4, 0.5) is 23.7 Å². The fourth-order valence-corrected chi connectivity index (χ4v) is 7.82. The predicted octanol–water partition coefficient (Wildman–Crippen LogP) is 4.23. The fraction of sp³-hybridized carbons (Fsp3) is 0.341. The number of nitrogens with zero attached hydrogens (tertiary/aromatic N) is 2. The highest BCUT2D eigenvalue weighted by Gasteiger charge is 2.41. The smallest absolute Gasteiger partial charge is 0.430 e. The number of phenols is 1. The number of likely N-dealkylation sites (N-methyl/N-ethyl adjacent to an activating group) is 1. The molecule has 16 nitrogen and oxygen atoms in total. The van der Waals surface area contributed by atoms with E-state index in [0.29, 0.717) is 52.5 Å². The number of carboxylic acids is 1. The van der Waals surface area contributed by atoms with E-state index < -0.39 is 40.2 Å². The molecule has 0 bridgehead atoms. The van der Waals surface area contributed by atoms with Crippen LogP contribution in [0.15, 0.2) is 89.8 Å². The van der Waals surface area contributed by atoms with Gasteiger partial charge in [0.1, 0.15) is 35.0 Å².